The summed E-state index contributed by atoms with van der Waals surface area (Å²) in [7, 11) is 0. The van der Waals surface area contributed by atoms with E-state index in [1.165, 1.54) is 0 Å². The van der Waals surface area contributed by atoms with Crippen LogP contribution < -0.4 is 0 Å². The molecule has 5 nitrogen and oxygen atoms in total. The van der Waals surface area contributed by atoms with Crippen LogP contribution >= 0.6 is 15.9 Å². The average Bonchev–Trinajstić information content (AvgIpc) is 2.40. The molecule has 0 spiro atoms. The number of aliphatic hydroxyl groups excluding tert-OH is 2. The summed E-state index contributed by atoms with van der Waals surface area (Å²) in [5, 5.41) is 18.6. The average molecular weight is 317 g/mol. The number of halogens is 1. The fraction of sp³-hybridized carbons (Fsp3) is 0.417. The Morgan fingerprint density at radius 1 is 1.33 bits per heavy atom. The van der Waals surface area contributed by atoms with Crippen molar-refractivity contribution < 1.29 is 24.5 Å². The van der Waals surface area contributed by atoms with Crippen LogP contribution in [-0.2, 0) is 9.47 Å². The summed E-state index contributed by atoms with van der Waals surface area (Å²) >= 11 is 3.15. The van der Waals surface area contributed by atoms with Gasteiger partial charge in [0.05, 0.1) is 12.2 Å². The number of carbonyl (C=O) groups is 1. The maximum atomic E-state index is 11.8. The van der Waals surface area contributed by atoms with Crippen LogP contribution in [0.25, 0.3) is 0 Å². The molecule has 6 heteroatoms. The Labute approximate surface area is 112 Å². The van der Waals surface area contributed by atoms with Crippen LogP contribution in [0.1, 0.15) is 10.4 Å². The van der Waals surface area contributed by atoms with Crippen LogP contribution in [0.2, 0.25) is 0 Å². The number of hydrogen-bond donors (Lipinski definition) is 2. The van der Waals surface area contributed by atoms with Crippen LogP contribution in [0.15, 0.2) is 30.3 Å². The molecule has 1 aromatic rings. The minimum absolute atomic E-state index is 0.00350. The highest BCUT2D eigenvalue weighted by Gasteiger charge is 2.40. The predicted molar refractivity (Wildman–Crippen MR) is 66.3 cm³/mol. The number of benzene rings is 1. The van der Waals surface area contributed by atoms with Gasteiger partial charge in [0.15, 0.2) is 11.1 Å². The van der Waals surface area contributed by atoms with Gasteiger partial charge < -0.3 is 19.7 Å². The molecule has 0 unspecified atom stereocenters. The number of esters is 1. The topological polar surface area (TPSA) is 76.0 Å². The van der Waals surface area contributed by atoms with Crippen LogP contribution in [0.4, 0.5) is 0 Å². The molecule has 0 aliphatic carbocycles. The van der Waals surface area contributed by atoms with Crippen LogP contribution in [-0.4, -0.2) is 46.1 Å². The molecule has 98 valence electrons. The molecule has 1 fully saturated rings. The lowest BCUT2D eigenvalue weighted by molar-refractivity contribution is -0.161. The van der Waals surface area contributed by atoms with Gasteiger partial charge >= 0.3 is 5.97 Å². The molecule has 4 atom stereocenters. The maximum absolute atomic E-state index is 11.8. The lowest BCUT2D eigenvalue weighted by atomic mass is 10.1. The van der Waals surface area contributed by atoms with Gasteiger partial charge in [0.1, 0.15) is 12.2 Å². The Balaban J connectivity index is 2.06. The lowest BCUT2D eigenvalue weighted by Crippen LogP contribution is -2.52. The largest absolute Gasteiger partial charge is 0.452 e. The third-order valence-corrected chi connectivity index (χ3v) is 3.45. The van der Waals surface area contributed by atoms with E-state index in [1.807, 2.05) is 0 Å². The van der Waals surface area contributed by atoms with Crippen LogP contribution in [0, 0.1) is 0 Å². The van der Waals surface area contributed by atoms with Gasteiger partial charge in [0.2, 0.25) is 0 Å². The Morgan fingerprint density at radius 2 is 2.00 bits per heavy atom. The van der Waals surface area contributed by atoms with Crippen molar-refractivity contribution in [3.63, 3.8) is 0 Å². The highest BCUT2D eigenvalue weighted by Crippen LogP contribution is 2.23. The molecule has 0 aromatic heterocycles. The van der Waals surface area contributed by atoms with Crippen molar-refractivity contribution in [3.05, 3.63) is 35.9 Å². The van der Waals surface area contributed by atoms with Gasteiger partial charge in [0, 0.05) is 0 Å². The highest BCUT2D eigenvalue weighted by molar-refractivity contribution is 9.09. The van der Waals surface area contributed by atoms with Gasteiger partial charge in [-0.15, -0.1) is 0 Å². The Morgan fingerprint density at radius 3 is 2.67 bits per heavy atom. The maximum Gasteiger partial charge on any atom is 0.338 e. The first-order valence-electron chi connectivity index (χ1n) is 5.47. The molecule has 1 heterocycles. The summed E-state index contributed by atoms with van der Waals surface area (Å²) in [6.45, 7) is -0.00350. The molecule has 0 saturated carbocycles. The standard InChI is InChI=1S/C12H13BrO5/c13-11-10(9(15)8(14)6-17-11)18-12(16)7-4-2-1-3-5-7/h1-5,8-11,14-15H,6H2/t8-,9-,10-,11-/m1/s1. The van der Waals surface area contributed by atoms with E-state index >= 15 is 0 Å². The summed E-state index contributed by atoms with van der Waals surface area (Å²) in [4.78, 5) is 11.8. The Kier molecular flexibility index (Phi) is 4.34. The Bertz CT molecular complexity index is 410. The second-order valence-electron chi connectivity index (χ2n) is 3.98. The van der Waals surface area contributed by atoms with Gasteiger partial charge in [-0.05, 0) is 12.1 Å². The van der Waals surface area contributed by atoms with E-state index in [2.05, 4.69) is 15.9 Å². The molecule has 1 saturated heterocycles. The molecule has 1 aromatic carbocycles. The van der Waals surface area contributed by atoms with Crippen molar-refractivity contribution in [2.75, 3.05) is 6.61 Å². The van der Waals surface area contributed by atoms with Crippen molar-refractivity contribution in [1.29, 1.82) is 0 Å². The first kappa shape index (κ1) is 13.5. The summed E-state index contributed by atoms with van der Waals surface area (Å²) in [6.07, 6.45) is -3.18. The molecule has 2 N–H and O–H groups in total. The van der Waals surface area contributed by atoms with Crippen LogP contribution in [0.5, 0.6) is 0 Å². The number of ether oxygens (including phenoxy) is 2. The monoisotopic (exact) mass is 316 g/mol. The van der Waals surface area contributed by atoms with Crippen molar-refractivity contribution in [1.82, 2.24) is 0 Å². The van der Waals surface area contributed by atoms with E-state index in [9.17, 15) is 15.0 Å². The predicted octanol–water partition coefficient (Wildman–Crippen LogP) is 0.685. The fourth-order valence-corrected chi connectivity index (χ4v) is 2.22. The highest BCUT2D eigenvalue weighted by atomic mass is 79.9. The number of aliphatic hydroxyl groups is 2. The molecule has 18 heavy (non-hydrogen) atoms. The molecule has 2 rings (SSSR count). The SMILES string of the molecule is O=C(O[C@@H]1[C@H](O)[C@H](O)CO[C@H]1Br)c1ccccc1. The molecule has 0 amide bonds. The first-order chi connectivity index (χ1) is 8.59. The molecular formula is C12H13BrO5. The number of carbonyl (C=O) groups excluding carboxylic acids is 1. The summed E-state index contributed by atoms with van der Waals surface area (Å²) < 4.78 is 10.3. The summed E-state index contributed by atoms with van der Waals surface area (Å²) in [6, 6.07) is 8.43. The van der Waals surface area contributed by atoms with Crippen molar-refractivity contribution >= 4 is 21.9 Å². The second kappa shape index (κ2) is 5.79. The molecule has 0 radical (unpaired) electrons. The van der Waals surface area contributed by atoms with Crippen molar-refractivity contribution in [2.24, 2.45) is 0 Å². The Hall–Kier alpha value is -0.950. The minimum atomic E-state index is -1.17. The van der Waals surface area contributed by atoms with E-state index in [4.69, 9.17) is 9.47 Å². The minimum Gasteiger partial charge on any atom is -0.452 e. The summed E-state index contributed by atoms with van der Waals surface area (Å²) in [5.41, 5.74) is 0.379. The lowest BCUT2D eigenvalue weighted by Gasteiger charge is -2.34. The zero-order valence-electron chi connectivity index (χ0n) is 9.40. The van der Waals surface area contributed by atoms with E-state index < -0.39 is 29.3 Å². The third-order valence-electron chi connectivity index (χ3n) is 2.67. The van der Waals surface area contributed by atoms with E-state index in [0.717, 1.165) is 0 Å². The molecular weight excluding hydrogens is 304 g/mol. The van der Waals surface area contributed by atoms with Gasteiger partial charge in [-0.3, -0.25) is 0 Å². The van der Waals surface area contributed by atoms with Gasteiger partial charge in [-0.2, -0.15) is 0 Å². The zero-order chi connectivity index (χ0) is 13.1. The molecule has 1 aliphatic heterocycles. The normalized spacial score (nSPS) is 31.9. The third kappa shape index (κ3) is 2.89. The number of rotatable bonds is 2. The smallest absolute Gasteiger partial charge is 0.338 e. The molecule has 1 aliphatic rings. The zero-order valence-corrected chi connectivity index (χ0v) is 11.0. The van der Waals surface area contributed by atoms with E-state index in [-0.39, 0.29) is 6.61 Å². The quantitative estimate of drug-likeness (QED) is 0.620. The van der Waals surface area contributed by atoms with Crippen LogP contribution in [0.3, 0.4) is 0 Å². The van der Waals surface area contributed by atoms with Gasteiger partial charge in [0.25, 0.3) is 0 Å². The fourth-order valence-electron chi connectivity index (χ4n) is 1.65. The second-order valence-corrected chi connectivity index (χ2v) is 4.88. The van der Waals surface area contributed by atoms with E-state index in [1.54, 1.807) is 30.3 Å². The first-order valence-corrected chi connectivity index (χ1v) is 6.39. The van der Waals surface area contributed by atoms with Gasteiger partial charge in [-0.1, -0.05) is 34.1 Å². The van der Waals surface area contributed by atoms with Gasteiger partial charge in [-0.25, -0.2) is 4.79 Å². The molecule has 0 bridgehead atoms. The number of hydrogen-bond acceptors (Lipinski definition) is 5. The summed E-state index contributed by atoms with van der Waals surface area (Å²) in [5.74, 6) is -0.568. The number of alkyl halides is 1. The van der Waals surface area contributed by atoms with E-state index in [0.29, 0.717) is 5.56 Å². The van der Waals surface area contributed by atoms with Crippen molar-refractivity contribution in [2.45, 2.75) is 23.3 Å². The van der Waals surface area contributed by atoms with Crippen molar-refractivity contribution in [3.8, 4) is 0 Å².